The van der Waals surface area contributed by atoms with Gasteiger partial charge in [-0.3, -0.25) is 0 Å². The lowest BCUT2D eigenvalue weighted by molar-refractivity contribution is 1.07. The summed E-state index contributed by atoms with van der Waals surface area (Å²) in [5.74, 6) is 1.37. The number of nitrogens with one attached hydrogen (secondary N) is 3. The van der Waals surface area contributed by atoms with E-state index >= 15 is 0 Å². The summed E-state index contributed by atoms with van der Waals surface area (Å²) < 4.78 is 0. The number of H-pyrrole nitrogens is 1. The van der Waals surface area contributed by atoms with E-state index in [9.17, 15) is 0 Å². The van der Waals surface area contributed by atoms with Crippen molar-refractivity contribution in [3.8, 4) is 0 Å². The molecule has 0 amide bonds. The molecule has 3 heterocycles. The normalized spacial score (nSPS) is 10.9. The van der Waals surface area contributed by atoms with E-state index in [1.54, 1.807) is 17.7 Å². The van der Waals surface area contributed by atoms with Crippen molar-refractivity contribution >= 4 is 34.3 Å². The molecule has 0 saturated carbocycles. The molecule has 0 aliphatic rings. The summed E-state index contributed by atoms with van der Waals surface area (Å²) in [6, 6.07) is 2.12. The number of hydrogen-bond acceptors (Lipinski definition) is 6. The van der Waals surface area contributed by atoms with Crippen LogP contribution in [0.3, 0.4) is 0 Å². The Morgan fingerprint density at radius 2 is 2.20 bits per heavy atom. The average Bonchev–Trinajstić information content (AvgIpc) is 3.05. The zero-order valence-electron chi connectivity index (χ0n) is 11.4. The van der Waals surface area contributed by atoms with Gasteiger partial charge in [0.15, 0.2) is 11.5 Å². The standard InChI is InChI=1S/C13H16N6S/c1-3-14-13-18-11(10-12(19-13)17-7-16-10)15-6-9-8(2)4-5-20-9/h4-5,7H,3,6H2,1-2H3,(H3,14,15,16,17,18,19). The highest BCUT2D eigenvalue weighted by molar-refractivity contribution is 7.10. The summed E-state index contributed by atoms with van der Waals surface area (Å²) in [7, 11) is 0. The van der Waals surface area contributed by atoms with Gasteiger partial charge in [-0.2, -0.15) is 9.97 Å². The van der Waals surface area contributed by atoms with Gasteiger partial charge < -0.3 is 15.6 Å². The summed E-state index contributed by atoms with van der Waals surface area (Å²) in [4.78, 5) is 17.4. The van der Waals surface area contributed by atoms with Crippen LogP contribution < -0.4 is 10.6 Å². The molecule has 0 radical (unpaired) electrons. The van der Waals surface area contributed by atoms with Crippen molar-refractivity contribution in [2.45, 2.75) is 20.4 Å². The minimum absolute atomic E-state index is 0.595. The molecule has 3 rings (SSSR count). The summed E-state index contributed by atoms with van der Waals surface area (Å²) >= 11 is 1.74. The van der Waals surface area contributed by atoms with Crippen LogP contribution in [0.25, 0.3) is 11.2 Å². The first-order valence-corrected chi connectivity index (χ1v) is 7.37. The molecule has 0 spiro atoms. The fourth-order valence-corrected chi connectivity index (χ4v) is 2.79. The molecule has 0 aliphatic carbocycles. The Bertz CT molecular complexity index is 717. The molecular formula is C13H16N6S. The van der Waals surface area contributed by atoms with E-state index in [0.717, 1.165) is 24.4 Å². The SMILES string of the molecule is CCNc1nc(NCc2sccc2C)c2[nH]cnc2n1. The highest BCUT2D eigenvalue weighted by Gasteiger charge is 2.10. The van der Waals surface area contributed by atoms with Gasteiger partial charge in [0, 0.05) is 11.4 Å². The van der Waals surface area contributed by atoms with Gasteiger partial charge in [0.1, 0.15) is 5.52 Å². The number of thiophene rings is 1. The monoisotopic (exact) mass is 288 g/mol. The fraction of sp³-hybridized carbons (Fsp3) is 0.308. The molecule has 0 atom stereocenters. The third-order valence-corrected chi connectivity index (χ3v) is 4.03. The van der Waals surface area contributed by atoms with Crippen LogP contribution in [0.5, 0.6) is 0 Å². The average molecular weight is 288 g/mol. The molecule has 104 valence electrons. The molecule has 0 unspecified atom stereocenters. The lowest BCUT2D eigenvalue weighted by Crippen LogP contribution is -2.07. The van der Waals surface area contributed by atoms with Crippen molar-refractivity contribution in [3.63, 3.8) is 0 Å². The van der Waals surface area contributed by atoms with E-state index in [1.165, 1.54) is 10.4 Å². The molecule has 3 aromatic heterocycles. The van der Waals surface area contributed by atoms with E-state index < -0.39 is 0 Å². The van der Waals surface area contributed by atoms with Gasteiger partial charge in [0.2, 0.25) is 5.95 Å². The van der Waals surface area contributed by atoms with Crippen molar-refractivity contribution in [1.29, 1.82) is 0 Å². The van der Waals surface area contributed by atoms with Crippen LogP contribution in [0.1, 0.15) is 17.4 Å². The van der Waals surface area contributed by atoms with Crippen LogP contribution in [0.2, 0.25) is 0 Å². The molecule has 0 saturated heterocycles. The topological polar surface area (TPSA) is 78.5 Å². The largest absolute Gasteiger partial charge is 0.363 e. The molecular weight excluding hydrogens is 272 g/mol. The first-order chi connectivity index (χ1) is 9.78. The van der Waals surface area contributed by atoms with Crippen LogP contribution in [0, 0.1) is 6.92 Å². The van der Waals surface area contributed by atoms with Crippen molar-refractivity contribution < 1.29 is 0 Å². The Morgan fingerprint density at radius 1 is 1.30 bits per heavy atom. The van der Waals surface area contributed by atoms with E-state index in [1.807, 2.05) is 6.92 Å². The first-order valence-electron chi connectivity index (χ1n) is 6.49. The molecule has 0 fully saturated rings. The quantitative estimate of drug-likeness (QED) is 0.673. The van der Waals surface area contributed by atoms with E-state index in [2.05, 4.69) is 48.9 Å². The number of nitrogens with zero attached hydrogens (tertiary/aromatic N) is 3. The van der Waals surface area contributed by atoms with Gasteiger partial charge in [-0.25, -0.2) is 4.98 Å². The van der Waals surface area contributed by atoms with Crippen LogP contribution in [0.15, 0.2) is 17.8 Å². The maximum Gasteiger partial charge on any atom is 0.226 e. The van der Waals surface area contributed by atoms with Gasteiger partial charge in [-0.15, -0.1) is 11.3 Å². The number of hydrogen-bond donors (Lipinski definition) is 3. The number of aromatic nitrogens is 4. The Balaban J connectivity index is 1.89. The summed E-state index contributed by atoms with van der Waals surface area (Å²) in [5.41, 5.74) is 2.80. The molecule has 7 heteroatoms. The number of rotatable bonds is 5. The third-order valence-electron chi connectivity index (χ3n) is 3.01. The number of aromatic amines is 1. The van der Waals surface area contributed by atoms with Crippen molar-refractivity contribution in [2.75, 3.05) is 17.2 Å². The Kier molecular flexibility index (Phi) is 3.51. The van der Waals surface area contributed by atoms with Crippen LogP contribution in [-0.4, -0.2) is 26.5 Å². The first kappa shape index (κ1) is 12.9. The predicted octanol–water partition coefficient (Wildman–Crippen LogP) is 2.77. The Hall–Kier alpha value is -2.15. The van der Waals surface area contributed by atoms with Gasteiger partial charge in [-0.1, -0.05) is 0 Å². The highest BCUT2D eigenvalue weighted by Crippen LogP contribution is 2.21. The summed E-state index contributed by atoms with van der Waals surface area (Å²) in [5, 5.41) is 8.58. The second-order valence-electron chi connectivity index (χ2n) is 4.41. The highest BCUT2D eigenvalue weighted by atomic mass is 32.1. The number of fused-ring (bicyclic) bond motifs is 1. The van der Waals surface area contributed by atoms with Crippen molar-refractivity contribution in [1.82, 2.24) is 19.9 Å². The second kappa shape index (κ2) is 5.46. The Morgan fingerprint density at radius 3 is 2.95 bits per heavy atom. The molecule has 6 nitrogen and oxygen atoms in total. The smallest absolute Gasteiger partial charge is 0.226 e. The van der Waals surface area contributed by atoms with Crippen LogP contribution in [0.4, 0.5) is 11.8 Å². The number of anilines is 2. The number of imidazole rings is 1. The van der Waals surface area contributed by atoms with Crippen molar-refractivity contribution in [2.24, 2.45) is 0 Å². The van der Waals surface area contributed by atoms with Gasteiger partial charge in [0.05, 0.1) is 12.9 Å². The summed E-state index contributed by atoms with van der Waals surface area (Å²) in [6.07, 6.45) is 1.64. The predicted molar refractivity (Wildman–Crippen MR) is 82.2 cm³/mol. The minimum atomic E-state index is 0.595. The molecule has 0 aromatic carbocycles. The van der Waals surface area contributed by atoms with E-state index in [4.69, 9.17) is 0 Å². The zero-order chi connectivity index (χ0) is 13.9. The minimum Gasteiger partial charge on any atom is -0.363 e. The molecule has 3 N–H and O–H groups in total. The van der Waals surface area contributed by atoms with Gasteiger partial charge in [0.25, 0.3) is 0 Å². The van der Waals surface area contributed by atoms with E-state index in [0.29, 0.717) is 11.6 Å². The lowest BCUT2D eigenvalue weighted by atomic mass is 10.3. The summed E-state index contributed by atoms with van der Waals surface area (Å²) in [6.45, 7) is 5.66. The maximum atomic E-state index is 4.49. The van der Waals surface area contributed by atoms with Crippen molar-refractivity contribution in [3.05, 3.63) is 28.2 Å². The Labute approximate surface area is 120 Å². The van der Waals surface area contributed by atoms with Gasteiger partial charge >= 0.3 is 0 Å². The van der Waals surface area contributed by atoms with Crippen LogP contribution in [-0.2, 0) is 6.54 Å². The zero-order valence-corrected chi connectivity index (χ0v) is 12.2. The second-order valence-corrected chi connectivity index (χ2v) is 5.41. The van der Waals surface area contributed by atoms with Crippen LogP contribution >= 0.6 is 11.3 Å². The molecule has 0 bridgehead atoms. The van der Waals surface area contributed by atoms with E-state index in [-0.39, 0.29) is 0 Å². The maximum absolute atomic E-state index is 4.49. The molecule has 20 heavy (non-hydrogen) atoms. The molecule has 0 aliphatic heterocycles. The molecule has 3 aromatic rings. The van der Waals surface area contributed by atoms with Gasteiger partial charge in [-0.05, 0) is 30.9 Å². The lowest BCUT2D eigenvalue weighted by Gasteiger charge is -2.08. The number of aryl methyl sites for hydroxylation is 1. The fourth-order valence-electron chi connectivity index (χ4n) is 1.95. The third kappa shape index (κ3) is 2.44.